The number of carboxylic acid groups (broad SMARTS) is 1. The van der Waals surface area contributed by atoms with Crippen LogP contribution in [0.2, 0.25) is 0 Å². The van der Waals surface area contributed by atoms with Gasteiger partial charge in [0.15, 0.2) is 5.78 Å². The van der Waals surface area contributed by atoms with E-state index in [2.05, 4.69) is 0 Å². The lowest BCUT2D eigenvalue weighted by molar-refractivity contribution is -0.159. The maximum Gasteiger partial charge on any atom is 0.303 e. The van der Waals surface area contributed by atoms with Crippen molar-refractivity contribution in [2.24, 2.45) is 39.4 Å². The number of aliphatic hydroxyl groups excluding tert-OH is 3. The third-order valence-corrected chi connectivity index (χ3v) is 11.0. The van der Waals surface area contributed by atoms with E-state index in [1.54, 1.807) is 13.8 Å². The minimum absolute atomic E-state index is 0.0452. The topological polar surface area (TPSA) is 132 Å². The van der Waals surface area contributed by atoms with Gasteiger partial charge in [0.25, 0.3) is 0 Å². The Hall–Kier alpha value is -1.57. The van der Waals surface area contributed by atoms with Crippen molar-refractivity contribution in [3.63, 3.8) is 0 Å². The first kappa shape index (κ1) is 25.5. The number of fused-ring (bicyclic) bond motifs is 4. The van der Waals surface area contributed by atoms with E-state index in [4.69, 9.17) is 5.11 Å². The van der Waals surface area contributed by atoms with Crippen LogP contribution in [0.1, 0.15) is 80.1 Å². The van der Waals surface area contributed by atoms with Gasteiger partial charge in [0.2, 0.25) is 0 Å². The lowest BCUT2D eigenvalue weighted by atomic mass is 9.42. The van der Waals surface area contributed by atoms with Gasteiger partial charge in [-0.15, -0.1) is 0 Å². The van der Waals surface area contributed by atoms with Crippen molar-refractivity contribution in [1.82, 2.24) is 0 Å². The average Bonchev–Trinajstić information content (AvgIpc) is 2.97. The minimum Gasteiger partial charge on any atom is -0.481 e. The number of carbonyl (C=O) groups is 3. The zero-order valence-corrected chi connectivity index (χ0v) is 21.2. The van der Waals surface area contributed by atoms with Gasteiger partial charge in [-0.1, -0.05) is 34.6 Å². The first-order chi connectivity index (χ1) is 15.6. The van der Waals surface area contributed by atoms with Crippen molar-refractivity contribution >= 4 is 17.5 Å². The van der Waals surface area contributed by atoms with E-state index in [-0.39, 0.29) is 36.4 Å². The number of aliphatic carboxylic acids is 1. The maximum atomic E-state index is 14.0. The van der Waals surface area contributed by atoms with E-state index >= 15 is 0 Å². The van der Waals surface area contributed by atoms with Gasteiger partial charge in [-0.3, -0.25) is 14.4 Å². The monoisotopic (exact) mass is 476 g/mol. The molecular formula is C27H40O7. The highest BCUT2D eigenvalue weighted by Crippen LogP contribution is 2.70. The molecule has 0 aromatic heterocycles. The number of carboxylic acids is 1. The third-order valence-electron chi connectivity index (χ3n) is 11.0. The zero-order chi connectivity index (χ0) is 25.6. The molecule has 0 aromatic rings. The first-order valence-corrected chi connectivity index (χ1v) is 12.6. The van der Waals surface area contributed by atoms with E-state index in [1.165, 1.54) is 0 Å². The Kier molecular flexibility index (Phi) is 5.79. The summed E-state index contributed by atoms with van der Waals surface area (Å²) in [4.78, 5) is 38.9. The molecule has 7 heteroatoms. The minimum atomic E-state index is -1.42. The van der Waals surface area contributed by atoms with Gasteiger partial charge in [0.1, 0.15) is 11.9 Å². The van der Waals surface area contributed by atoms with Gasteiger partial charge in [0.05, 0.1) is 17.6 Å². The average molecular weight is 477 g/mol. The van der Waals surface area contributed by atoms with Crippen molar-refractivity contribution in [2.75, 3.05) is 0 Å². The molecule has 0 aromatic carbocycles. The van der Waals surface area contributed by atoms with E-state index < -0.39 is 51.7 Å². The molecule has 0 bridgehead atoms. The summed E-state index contributed by atoms with van der Waals surface area (Å²) in [6.07, 6.45) is -1.15. The van der Waals surface area contributed by atoms with Crippen molar-refractivity contribution in [3.8, 4) is 0 Å². The molecule has 9 atom stereocenters. The Bertz CT molecular complexity index is 966. The number of ketones is 2. The Morgan fingerprint density at radius 2 is 1.71 bits per heavy atom. The van der Waals surface area contributed by atoms with Crippen LogP contribution in [0.3, 0.4) is 0 Å². The summed E-state index contributed by atoms with van der Waals surface area (Å²) in [6.45, 7) is 11.4. The summed E-state index contributed by atoms with van der Waals surface area (Å²) in [5, 5.41) is 43.0. The van der Waals surface area contributed by atoms with Crippen LogP contribution in [0.15, 0.2) is 11.1 Å². The van der Waals surface area contributed by atoms with Crippen LogP contribution in [0, 0.1) is 39.4 Å². The highest BCUT2D eigenvalue weighted by atomic mass is 16.4. The summed E-state index contributed by atoms with van der Waals surface area (Å²) >= 11 is 0. The summed E-state index contributed by atoms with van der Waals surface area (Å²) < 4.78 is 0. The van der Waals surface area contributed by atoms with Crippen LogP contribution in [-0.4, -0.2) is 56.3 Å². The Labute approximate surface area is 201 Å². The standard InChI is InChI=1S/C27H40O7/c1-13(7-8-19(31)32)14-11-18(30)27(6)20-15(28)12-16-24(2,3)17(29)9-10-25(16,4)21(20)22(33)23(34)26(14,27)5/h13-17,23,28-29,34H,7-12H2,1-6H3,(H,31,32)/t13-,14-,15+,16+,17+,23-,25+,26+,27+/m1/s1. The van der Waals surface area contributed by atoms with E-state index in [0.29, 0.717) is 36.8 Å². The third kappa shape index (κ3) is 2.96. The lowest BCUT2D eigenvalue weighted by Crippen LogP contribution is -2.64. The highest BCUT2D eigenvalue weighted by Gasteiger charge is 2.73. The molecule has 2 fully saturated rings. The number of aliphatic hydroxyl groups is 3. The lowest BCUT2D eigenvalue weighted by Gasteiger charge is -2.62. The molecule has 190 valence electrons. The molecule has 2 saturated carbocycles. The molecule has 34 heavy (non-hydrogen) atoms. The number of Topliss-reactive ketones (excluding diaryl/α,β-unsaturated/α-hetero) is 2. The van der Waals surface area contributed by atoms with Gasteiger partial charge in [-0.05, 0) is 66.8 Å². The summed E-state index contributed by atoms with van der Waals surface area (Å²) in [5.74, 6) is -2.18. The highest BCUT2D eigenvalue weighted by molar-refractivity contribution is 6.07. The molecule has 0 amide bonds. The number of rotatable bonds is 4. The predicted molar refractivity (Wildman–Crippen MR) is 125 cm³/mol. The Morgan fingerprint density at radius 3 is 2.29 bits per heavy atom. The van der Waals surface area contributed by atoms with Crippen LogP contribution in [0.5, 0.6) is 0 Å². The van der Waals surface area contributed by atoms with Crippen LogP contribution in [0.25, 0.3) is 0 Å². The van der Waals surface area contributed by atoms with E-state index in [1.807, 2.05) is 27.7 Å². The van der Waals surface area contributed by atoms with Crippen LogP contribution >= 0.6 is 0 Å². The fraction of sp³-hybridized carbons (Fsp3) is 0.815. The number of hydrogen-bond acceptors (Lipinski definition) is 6. The normalized spacial score (nSPS) is 46.6. The molecule has 4 rings (SSSR count). The molecule has 4 N–H and O–H groups in total. The molecule has 0 spiro atoms. The Morgan fingerprint density at radius 1 is 1.09 bits per heavy atom. The summed E-state index contributed by atoms with van der Waals surface area (Å²) in [6, 6.07) is 0. The van der Waals surface area contributed by atoms with Crippen LogP contribution in [-0.2, 0) is 14.4 Å². The molecule has 0 radical (unpaired) electrons. The van der Waals surface area contributed by atoms with Crippen molar-refractivity contribution < 1.29 is 34.8 Å². The SMILES string of the molecule is C[C@H](CCC(=O)O)[C@H]1CC(=O)[C@@]2(C)C3=C(C(=O)[C@@H](O)[C@]12C)[C@@]1(C)CC[C@H](O)C(C)(C)[C@@H]1C[C@@H]3O. The first-order valence-electron chi connectivity index (χ1n) is 12.6. The maximum absolute atomic E-state index is 14.0. The van der Waals surface area contributed by atoms with E-state index in [9.17, 15) is 29.7 Å². The van der Waals surface area contributed by atoms with Crippen molar-refractivity contribution in [2.45, 2.75) is 98.4 Å². The molecule has 0 aliphatic heterocycles. The molecule has 4 aliphatic carbocycles. The smallest absolute Gasteiger partial charge is 0.303 e. The molecule has 0 unspecified atom stereocenters. The van der Waals surface area contributed by atoms with Gasteiger partial charge < -0.3 is 20.4 Å². The van der Waals surface area contributed by atoms with E-state index in [0.717, 1.165) is 0 Å². The van der Waals surface area contributed by atoms with Gasteiger partial charge in [0, 0.05) is 23.8 Å². The molecule has 7 nitrogen and oxygen atoms in total. The second-order valence-electron chi connectivity index (χ2n) is 12.7. The van der Waals surface area contributed by atoms with Gasteiger partial charge >= 0.3 is 5.97 Å². The summed E-state index contributed by atoms with van der Waals surface area (Å²) in [7, 11) is 0. The largest absolute Gasteiger partial charge is 0.481 e. The fourth-order valence-electron chi connectivity index (χ4n) is 8.67. The van der Waals surface area contributed by atoms with Crippen molar-refractivity contribution in [1.29, 1.82) is 0 Å². The molecule has 0 saturated heterocycles. The summed E-state index contributed by atoms with van der Waals surface area (Å²) in [5.41, 5.74) is -2.68. The predicted octanol–water partition coefficient (Wildman–Crippen LogP) is 2.90. The quantitative estimate of drug-likeness (QED) is 0.490. The molecular weight excluding hydrogens is 436 g/mol. The molecule has 0 heterocycles. The van der Waals surface area contributed by atoms with Gasteiger partial charge in [-0.25, -0.2) is 0 Å². The second kappa shape index (κ2) is 7.71. The Balaban J connectivity index is 1.90. The number of carbonyl (C=O) groups excluding carboxylic acids is 2. The van der Waals surface area contributed by atoms with Crippen LogP contribution in [0.4, 0.5) is 0 Å². The molecule has 4 aliphatic rings. The number of hydrogen-bond donors (Lipinski definition) is 4. The zero-order valence-electron chi connectivity index (χ0n) is 21.2. The van der Waals surface area contributed by atoms with Crippen molar-refractivity contribution in [3.05, 3.63) is 11.1 Å². The van der Waals surface area contributed by atoms with Gasteiger partial charge in [-0.2, -0.15) is 0 Å². The second-order valence-corrected chi connectivity index (χ2v) is 12.7. The van der Waals surface area contributed by atoms with Crippen LogP contribution < -0.4 is 0 Å². The fourth-order valence-corrected chi connectivity index (χ4v) is 8.67.